The van der Waals surface area contributed by atoms with Gasteiger partial charge in [0.1, 0.15) is 0 Å². The molecule has 3 aliphatic heterocycles. The summed E-state index contributed by atoms with van der Waals surface area (Å²) in [7, 11) is 0. The van der Waals surface area contributed by atoms with Gasteiger partial charge >= 0.3 is 0 Å². The molecule has 0 saturated heterocycles. The minimum atomic E-state index is 0.0809. The van der Waals surface area contributed by atoms with E-state index in [0.29, 0.717) is 18.1 Å². The van der Waals surface area contributed by atoms with Gasteiger partial charge in [0.15, 0.2) is 0 Å². The lowest BCUT2D eigenvalue weighted by molar-refractivity contribution is -0.125. The summed E-state index contributed by atoms with van der Waals surface area (Å²) in [6, 6.07) is 18.1. The zero-order valence-corrected chi connectivity index (χ0v) is 16.3. The largest absolute Gasteiger partial charge is 0.312 e. The average molecular weight is 393 g/mol. The molecule has 28 heavy (non-hydrogen) atoms. The van der Waals surface area contributed by atoms with E-state index in [-0.39, 0.29) is 5.91 Å². The van der Waals surface area contributed by atoms with Crippen LogP contribution in [0.2, 0.25) is 5.02 Å². The van der Waals surface area contributed by atoms with Crippen LogP contribution in [-0.2, 0) is 17.9 Å². The maximum Gasteiger partial charge on any atom is 0.259 e. The van der Waals surface area contributed by atoms with Crippen molar-refractivity contribution in [3.05, 3.63) is 82.0 Å². The fraction of sp³-hybridized carbons (Fsp3) is 0.273. The van der Waals surface area contributed by atoms with Crippen molar-refractivity contribution in [1.82, 2.24) is 14.7 Å². The third-order valence-electron chi connectivity index (χ3n) is 5.50. The van der Waals surface area contributed by atoms with Crippen LogP contribution >= 0.6 is 11.6 Å². The number of benzene rings is 2. The molecule has 1 amide bonds. The number of guanidine groups is 1. The molecular formula is C22H21ClN4O. The van der Waals surface area contributed by atoms with Crippen molar-refractivity contribution in [2.75, 3.05) is 26.2 Å². The molecule has 0 radical (unpaired) electrons. The number of hydrogen-bond acceptors (Lipinski definition) is 4. The van der Waals surface area contributed by atoms with Crippen molar-refractivity contribution >= 4 is 23.5 Å². The molecule has 3 heterocycles. The number of carbonyl (C=O) groups is 1. The van der Waals surface area contributed by atoms with Crippen molar-refractivity contribution in [1.29, 1.82) is 0 Å². The highest BCUT2D eigenvalue weighted by molar-refractivity contribution is 6.30. The lowest BCUT2D eigenvalue weighted by Crippen LogP contribution is -2.49. The molecule has 0 N–H and O–H groups in total. The molecule has 5 rings (SSSR count). The van der Waals surface area contributed by atoms with Gasteiger partial charge in [-0.25, -0.2) is 0 Å². The van der Waals surface area contributed by atoms with Gasteiger partial charge in [-0.05, 0) is 23.3 Å². The van der Waals surface area contributed by atoms with Gasteiger partial charge in [-0.2, -0.15) is 0 Å². The van der Waals surface area contributed by atoms with E-state index in [4.69, 9.17) is 11.6 Å². The van der Waals surface area contributed by atoms with Crippen LogP contribution in [0.15, 0.2) is 70.9 Å². The normalized spacial score (nSPS) is 19.2. The predicted octanol–water partition coefficient (Wildman–Crippen LogP) is 3.12. The van der Waals surface area contributed by atoms with Crippen LogP contribution in [0.3, 0.4) is 0 Å². The lowest BCUT2D eigenvalue weighted by Gasteiger charge is -2.35. The maximum atomic E-state index is 13.3. The summed E-state index contributed by atoms with van der Waals surface area (Å²) < 4.78 is 0. The number of amides is 1. The molecule has 2 aromatic carbocycles. The number of fused-ring (bicyclic) bond motifs is 2. The van der Waals surface area contributed by atoms with E-state index in [2.05, 4.69) is 39.1 Å². The second-order valence-electron chi connectivity index (χ2n) is 7.41. The summed E-state index contributed by atoms with van der Waals surface area (Å²) in [5, 5.41) is 0.700. The summed E-state index contributed by atoms with van der Waals surface area (Å²) in [5.41, 5.74) is 4.36. The summed E-state index contributed by atoms with van der Waals surface area (Å²) in [5.74, 6) is 0.873. The molecule has 0 bridgehead atoms. The van der Waals surface area contributed by atoms with Gasteiger partial charge in [0, 0.05) is 36.9 Å². The van der Waals surface area contributed by atoms with Crippen molar-refractivity contribution in [2.24, 2.45) is 4.99 Å². The SMILES string of the molecule is O=C1C2=C(CN(Cc3ccccc3)C2)N2CCN=C2N1Cc1ccc(Cl)cc1. The van der Waals surface area contributed by atoms with Crippen LogP contribution < -0.4 is 0 Å². The quantitative estimate of drug-likeness (QED) is 0.802. The standard InChI is InChI=1S/C22H21ClN4O/c23-18-8-6-17(7-9-18)13-27-21(28)19-14-25(12-16-4-2-1-3-5-16)15-20(19)26-11-10-24-22(26)27/h1-9H,10-15H2. The maximum absolute atomic E-state index is 13.3. The van der Waals surface area contributed by atoms with E-state index < -0.39 is 0 Å². The lowest BCUT2D eigenvalue weighted by atomic mass is 10.1. The molecule has 0 unspecified atom stereocenters. The van der Waals surface area contributed by atoms with Crippen LogP contribution in [0.5, 0.6) is 0 Å². The van der Waals surface area contributed by atoms with Gasteiger partial charge in [-0.15, -0.1) is 0 Å². The van der Waals surface area contributed by atoms with Crippen molar-refractivity contribution in [2.45, 2.75) is 13.1 Å². The number of aliphatic imine (C=N–C) groups is 1. The Labute approximate surface area is 169 Å². The Morgan fingerprint density at radius 2 is 1.68 bits per heavy atom. The third kappa shape index (κ3) is 3.11. The van der Waals surface area contributed by atoms with E-state index >= 15 is 0 Å². The topological polar surface area (TPSA) is 39.2 Å². The monoisotopic (exact) mass is 392 g/mol. The molecule has 0 fully saturated rings. The molecule has 2 aromatic rings. The van der Waals surface area contributed by atoms with Gasteiger partial charge in [-0.3, -0.25) is 19.6 Å². The molecular weight excluding hydrogens is 372 g/mol. The van der Waals surface area contributed by atoms with Gasteiger partial charge < -0.3 is 4.90 Å². The second-order valence-corrected chi connectivity index (χ2v) is 7.84. The fourth-order valence-electron chi connectivity index (χ4n) is 4.16. The number of rotatable bonds is 4. The molecule has 142 valence electrons. The molecule has 0 aromatic heterocycles. The predicted molar refractivity (Wildman–Crippen MR) is 110 cm³/mol. The van der Waals surface area contributed by atoms with E-state index in [1.54, 1.807) is 0 Å². The van der Waals surface area contributed by atoms with Crippen molar-refractivity contribution < 1.29 is 4.79 Å². The molecule has 0 atom stereocenters. The smallest absolute Gasteiger partial charge is 0.259 e. The molecule has 3 aliphatic rings. The van der Waals surface area contributed by atoms with Gasteiger partial charge in [0.2, 0.25) is 5.96 Å². The average Bonchev–Trinajstić information content (AvgIpc) is 3.34. The minimum absolute atomic E-state index is 0.0809. The Bertz CT molecular complexity index is 968. The number of hydrogen-bond donors (Lipinski definition) is 0. The Morgan fingerprint density at radius 3 is 2.46 bits per heavy atom. The number of nitrogens with zero attached hydrogens (tertiary/aromatic N) is 4. The highest BCUT2D eigenvalue weighted by Crippen LogP contribution is 2.32. The molecule has 5 nitrogen and oxygen atoms in total. The van der Waals surface area contributed by atoms with Crippen molar-refractivity contribution in [3.63, 3.8) is 0 Å². The second kappa shape index (κ2) is 7.08. The summed E-state index contributed by atoms with van der Waals surface area (Å²) >= 11 is 6.00. The Hall–Kier alpha value is -2.63. The summed E-state index contributed by atoms with van der Waals surface area (Å²) in [6.07, 6.45) is 0. The van der Waals surface area contributed by atoms with Crippen molar-refractivity contribution in [3.8, 4) is 0 Å². The Balaban J connectivity index is 1.39. The van der Waals surface area contributed by atoms with Gasteiger partial charge in [-0.1, -0.05) is 54.1 Å². The number of halogens is 1. The van der Waals surface area contributed by atoms with E-state index in [1.807, 2.05) is 35.2 Å². The highest BCUT2D eigenvalue weighted by atomic mass is 35.5. The van der Waals surface area contributed by atoms with Crippen LogP contribution in [-0.4, -0.2) is 52.7 Å². The summed E-state index contributed by atoms with van der Waals surface area (Å²) in [4.78, 5) is 24.4. The first kappa shape index (κ1) is 17.5. The van der Waals surface area contributed by atoms with Gasteiger partial charge in [0.05, 0.1) is 18.7 Å². The number of carbonyl (C=O) groups excluding carboxylic acids is 1. The van der Waals surface area contributed by atoms with E-state index in [1.165, 1.54) is 5.56 Å². The van der Waals surface area contributed by atoms with Crippen LogP contribution in [0, 0.1) is 0 Å². The minimum Gasteiger partial charge on any atom is -0.312 e. The Morgan fingerprint density at radius 1 is 0.929 bits per heavy atom. The Kier molecular flexibility index (Phi) is 4.41. The van der Waals surface area contributed by atoms with E-state index in [9.17, 15) is 4.79 Å². The first-order valence-corrected chi connectivity index (χ1v) is 9.93. The van der Waals surface area contributed by atoms with Crippen LogP contribution in [0.1, 0.15) is 11.1 Å². The fourth-order valence-corrected chi connectivity index (χ4v) is 4.29. The van der Waals surface area contributed by atoms with E-state index in [0.717, 1.165) is 49.0 Å². The summed E-state index contributed by atoms with van der Waals surface area (Å²) in [6.45, 7) is 4.42. The zero-order valence-electron chi connectivity index (χ0n) is 15.5. The molecule has 6 heteroatoms. The van der Waals surface area contributed by atoms with Crippen LogP contribution in [0.25, 0.3) is 0 Å². The molecule has 0 saturated carbocycles. The first-order chi connectivity index (χ1) is 13.7. The third-order valence-corrected chi connectivity index (χ3v) is 5.75. The highest BCUT2D eigenvalue weighted by Gasteiger charge is 2.42. The molecule has 0 spiro atoms. The van der Waals surface area contributed by atoms with Gasteiger partial charge in [0.25, 0.3) is 5.91 Å². The van der Waals surface area contributed by atoms with Crippen LogP contribution in [0.4, 0.5) is 0 Å². The molecule has 0 aliphatic carbocycles. The first-order valence-electron chi connectivity index (χ1n) is 9.55. The zero-order chi connectivity index (χ0) is 19.1.